The van der Waals surface area contributed by atoms with E-state index in [1.165, 1.54) is 0 Å². The molecule has 1 aliphatic carbocycles. The molecule has 1 aromatic carbocycles. The van der Waals surface area contributed by atoms with Gasteiger partial charge in [-0.2, -0.15) is 0 Å². The molecule has 10 atom stereocenters. The van der Waals surface area contributed by atoms with Gasteiger partial charge >= 0.3 is 0 Å². The number of ether oxygens (including phenoxy) is 3. The molecule has 3 aliphatic rings. The number of nitrogens with zero attached hydrogens (tertiary/aromatic N) is 1. The number of rotatable bonds is 6. The third kappa shape index (κ3) is 4.20. The Kier molecular flexibility index (Phi) is 6.91. The van der Waals surface area contributed by atoms with Crippen LogP contribution in [0.3, 0.4) is 0 Å². The van der Waals surface area contributed by atoms with E-state index < -0.39 is 60.3 Å². The van der Waals surface area contributed by atoms with Crippen LogP contribution in [-0.4, -0.2) is 106 Å². The molecular weight excluding hydrogens is 476 g/mol. The Bertz CT molecular complexity index is 1010. The second kappa shape index (κ2) is 9.54. The number of para-hydroxylation sites is 1. The first kappa shape index (κ1) is 25.4. The van der Waals surface area contributed by atoms with Crippen molar-refractivity contribution in [2.24, 2.45) is 0 Å². The number of aliphatic hydroxyl groups is 4. The summed E-state index contributed by atoms with van der Waals surface area (Å²) in [5.41, 5.74) is -0.862. The molecule has 2 aliphatic heterocycles. The average Bonchev–Trinajstić information content (AvgIpc) is 3.23. The summed E-state index contributed by atoms with van der Waals surface area (Å²) in [5.74, 6) is -2.23. The van der Waals surface area contributed by atoms with E-state index in [0.29, 0.717) is 6.54 Å². The zero-order valence-corrected chi connectivity index (χ0v) is 20.7. The lowest BCUT2D eigenvalue weighted by atomic mass is 9.77. The molecule has 1 unspecified atom stereocenters. The van der Waals surface area contributed by atoms with Gasteiger partial charge in [-0.05, 0) is 33.2 Å². The standard InChI is InChI=1S/C23H34N4O7S/c1-11-8-22(30,10-26-9-14-27-12-6-4-5-7-13(12)35-14)23(31)21(32-11)33-20-18(29)15(24-2)17(28)16(25-3)19(20)34-23/h4-7,11,15-21,24-26,28-31H,8-10H2,1-3H3/t11-,15-,16+,17+,18+,19-,20?,21+,22-,23-/m1/s1. The van der Waals surface area contributed by atoms with Gasteiger partial charge in [0.05, 0.1) is 34.5 Å². The fourth-order valence-corrected chi connectivity index (χ4v) is 6.54. The van der Waals surface area contributed by atoms with E-state index in [4.69, 9.17) is 14.2 Å². The molecule has 2 saturated heterocycles. The van der Waals surface area contributed by atoms with E-state index in [9.17, 15) is 20.4 Å². The van der Waals surface area contributed by atoms with E-state index in [2.05, 4.69) is 20.9 Å². The Labute approximate surface area is 207 Å². The molecule has 0 amide bonds. The van der Waals surface area contributed by atoms with Gasteiger partial charge in [0.2, 0.25) is 12.1 Å². The number of benzene rings is 1. The molecule has 35 heavy (non-hydrogen) atoms. The molecule has 11 nitrogen and oxygen atoms in total. The average molecular weight is 511 g/mol. The summed E-state index contributed by atoms with van der Waals surface area (Å²) in [4.78, 5) is 4.60. The van der Waals surface area contributed by atoms with Gasteiger partial charge < -0.3 is 50.6 Å². The number of thiazole rings is 1. The minimum absolute atomic E-state index is 0.0150. The molecule has 3 fully saturated rings. The van der Waals surface area contributed by atoms with Crippen LogP contribution in [0.1, 0.15) is 18.4 Å². The van der Waals surface area contributed by atoms with Crippen molar-refractivity contribution in [1.29, 1.82) is 0 Å². The van der Waals surface area contributed by atoms with Crippen molar-refractivity contribution in [3.63, 3.8) is 0 Å². The number of hydrogen-bond donors (Lipinski definition) is 7. The van der Waals surface area contributed by atoms with E-state index in [1.807, 2.05) is 24.3 Å². The van der Waals surface area contributed by atoms with Crippen molar-refractivity contribution in [2.45, 2.75) is 80.2 Å². The monoisotopic (exact) mass is 510 g/mol. The Hall–Kier alpha value is -1.29. The third-order valence-electron chi connectivity index (χ3n) is 7.38. The first-order valence-electron chi connectivity index (χ1n) is 11.9. The Morgan fingerprint density at radius 1 is 1.06 bits per heavy atom. The number of likely N-dealkylation sites (N-methyl/N-ethyl adjacent to an activating group) is 2. The van der Waals surface area contributed by atoms with Gasteiger partial charge in [-0.3, -0.25) is 0 Å². The summed E-state index contributed by atoms with van der Waals surface area (Å²) >= 11 is 1.56. The van der Waals surface area contributed by atoms with E-state index in [-0.39, 0.29) is 13.0 Å². The molecule has 0 radical (unpaired) electrons. The van der Waals surface area contributed by atoms with E-state index >= 15 is 0 Å². The summed E-state index contributed by atoms with van der Waals surface area (Å²) < 4.78 is 19.1. The minimum atomic E-state index is -2.23. The quantitative estimate of drug-likeness (QED) is 0.246. The highest BCUT2D eigenvalue weighted by Crippen LogP contribution is 2.46. The summed E-state index contributed by atoms with van der Waals surface area (Å²) in [6.07, 6.45) is -5.68. The maximum atomic E-state index is 11.7. The van der Waals surface area contributed by atoms with Crippen molar-refractivity contribution >= 4 is 21.6 Å². The van der Waals surface area contributed by atoms with E-state index in [0.717, 1.165) is 15.2 Å². The first-order chi connectivity index (χ1) is 16.7. The van der Waals surface area contributed by atoms with Gasteiger partial charge in [-0.15, -0.1) is 11.3 Å². The summed E-state index contributed by atoms with van der Waals surface area (Å²) in [6.45, 7) is 2.16. The van der Waals surface area contributed by atoms with Gasteiger partial charge in [0, 0.05) is 19.5 Å². The minimum Gasteiger partial charge on any atom is -0.390 e. The van der Waals surface area contributed by atoms with Gasteiger partial charge in [0.1, 0.15) is 28.9 Å². The Morgan fingerprint density at radius 3 is 2.51 bits per heavy atom. The molecule has 5 rings (SSSR count). The molecule has 7 N–H and O–H groups in total. The molecule has 12 heteroatoms. The van der Waals surface area contributed by atoms with Gasteiger partial charge in [-0.25, -0.2) is 4.98 Å². The summed E-state index contributed by atoms with van der Waals surface area (Å²) in [7, 11) is 3.29. The second-order valence-electron chi connectivity index (χ2n) is 9.68. The lowest BCUT2D eigenvalue weighted by Crippen LogP contribution is -2.81. The van der Waals surface area contributed by atoms with Crippen LogP contribution in [0.4, 0.5) is 0 Å². The van der Waals surface area contributed by atoms with Crippen LogP contribution in [0.25, 0.3) is 10.2 Å². The maximum Gasteiger partial charge on any atom is 0.249 e. The smallest absolute Gasteiger partial charge is 0.249 e. The van der Waals surface area contributed by atoms with Crippen LogP contribution < -0.4 is 16.0 Å². The van der Waals surface area contributed by atoms with Crippen LogP contribution >= 0.6 is 11.3 Å². The van der Waals surface area contributed by atoms with Gasteiger partial charge in [0.15, 0.2) is 0 Å². The maximum absolute atomic E-state index is 11.7. The number of aromatic nitrogens is 1. The van der Waals surface area contributed by atoms with Crippen molar-refractivity contribution in [3.8, 4) is 0 Å². The number of fused-ring (bicyclic) bond motifs is 3. The highest BCUT2D eigenvalue weighted by molar-refractivity contribution is 7.18. The van der Waals surface area contributed by atoms with Crippen molar-refractivity contribution in [3.05, 3.63) is 29.3 Å². The van der Waals surface area contributed by atoms with Gasteiger partial charge in [0.25, 0.3) is 0 Å². The van der Waals surface area contributed by atoms with Crippen molar-refractivity contribution in [2.75, 3.05) is 20.6 Å². The topological polar surface area (TPSA) is 158 Å². The highest BCUT2D eigenvalue weighted by Gasteiger charge is 2.68. The molecule has 0 spiro atoms. The van der Waals surface area contributed by atoms with Crippen LogP contribution in [0, 0.1) is 0 Å². The zero-order valence-electron chi connectivity index (χ0n) is 19.9. The Morgan fingerprint density at radius 2 is 1.80 bits per heavy atom. The lowest BCUT2D eigenvalue weighted by Gasteiger charge is -2.60. The highest BCUT2D eigenvalue weighted by atomic mass is 32.1. The fourth-order valence-electron chi connectivity index (χ4n) is 5.60. The molecule has 1 aromatic heterocycles. The largest absolute Gasteiger partial charge is 0.390 e. The summed E-state index contributed by atoms with van der Waals surface area (Å²) in [6, 6.07) is 6.49. The fraction of sp³-hybridized carbons (Fsp3) is 0.696. The summed E-state index contributed by atoms with van der Waals surface area (Å²) in [5, 5.41) is 55.1. The predicted molar refractivity (Wildman–Crippen MR) is 128 cm³/mol. The SMILES string of the molecule is CN[C@@H]1[C@H](O)[C@H](NC)[C@H]2O[C@]3(O)[C@H](OC2[C@H]1O)O[C@H](C)C[C@@]3(O)CNCc1nc2ccccc2s1. The zero-order chi connectivity index (χ0) is 25.0. The van der Waals surface area contributed by atoms with Crippen LogP contribution in [0.5, 0.6) is 0 Å². The van der Waals surface area contributed by atoms with Crippen LogP contribution in [0.2, 0.25) is 0 Å². The van der Waals surface area contributed by atoms with Crippen molar-refractivity contribution in [1.82, 2.24) is 20.9 Å². The number of hydrogen-bond acceptors (Lipinski definition) is 12. The number of nitrogens with one attached hydrogen (secondary N) is 3. The molecular formula is C23H34N4O7S. The molecule has 3 heterocycles. The molecule has 194 valence electrons. The van der Waals surface area contributed by atoms with E-state index in [1.54, 1.807) is 32.4 Å². The van der Waals surface area contributed by atoms with Crippen molar-refractivity contribution < 1.29 is 34.6 Å². The normalized spacial score (nSPS) is 43.6. The molecule has 2 aromatic rings. The number of aliphatic hydroxyl groups excluding tert-OH is 2. The predicted octanol–water partition coefficient (Wildman–Crippen LogP) is -1.36. The van der Waals surface area contributed by atoms with Crippen LogP contribution in [-0.2, 0) is 20.8 Å². The first-order valence-corrected chi connectivity index (χ1v) is 12.7. The lowest BCUT2D eigenvalue weighted by molar-refractivity contribution is -0.482. The second-order valence-corrected chi connectivity index (χ2v) is 10.8. The van der Waals surface area contributed by atoms with Crippen LogP contribution in [0.15, 0.2) is 24.3 Å². The molecule has 0 bridgehead atoms. The molecule has 1 saturated carbocycles. The third-order valence-corrected chi connectivity index (χ3v) is 8.42. The Balaban J connectivity index is 1.36. The van der Waals surface area contributed by atoms with Gasteiger partial charge in [-0.1, -0.05) is 12.1 Å².